The summed E-state index contributed by atoms with van der Waals surface area (Å²) in [6.07, 6.45) is 1.65. The smallest absolute Gasteiger partial charge is 0.127 e. The summed E-state index contributed by atoms with van der Waals surface area (Å²) in [4.78, 5) is 7.54. The second kappa shape index (κ2) is 5.36. The number of benzene rings is 1. The quantitative estimate of drug-likeness (QED) is 0.894. The van der Waals surface area contributed by atoms with Gasteiger partial charge in [0.25, 0.3) is 0 Å². The minimum absolute atomic E-state index is 0.0811. The summed E-state index contributed by atoms with van der Waals surface area (Å²) < 4.78 is 5.93. The van der Waals surface area contributed by atoms with Gasteiger partial charge >= 0.3 is 0 Å². The maximum absolute atomic E-state index is 5.93. The second-order valence-corrected chi connectivity index (χ2v) is 4.55. The Bertz CT molecular complexity index is 511. The maximum Gasteiger partial charge on any atom is 0.127 e. The van der Waals surface area contributed by atoms with E-state index in [2.05, 4.69) is 42.0 Å². The fourth-order valence-electron chi connectivity index (χ4n) is 2.34. The molecule has 0 bridgehead atoms. The van der Waals surface area contributed by atoms with Crippen LogP contribution in [-0.4, -0.2) is 16.6 Å². The number of H-pyrrole nitrogens is 1. The Kier molecular flexibility index (Phi) is 3.82. The van der Waals surface area contributed by atoms with Gasteiger partial charge in [-0.3, -0.25) is 0 Å². The van der Waals surface area contributed by atoms with Crippen LogP contribution >= 0.6 is 0 Å². The summed E-state index contributed by atoms with van der Waals surface area (Å²) >= 11 is 0. The van der Waals surface area contributed by atoms with Crippen molar-refractivity contribution in [2.24, 2.45) is 0 Å². The third-order valence-electron chi connectivity index (χ3n) is 3.25. The van der Waals surface area contributed by atoms with E-state index in [1.54, 1.807) is 6.33 Å². The zero-order valence-electron chi connectivity index (χ0n) is 11.4. The number of nitrogens with zero attached hydrogens (tertiary/aromatic N) is 1. The van der Waals surface area contributed by atoms with E-state index in [0.29, 0.717) is 6.61 Å². The first-order chi connectivity index (χ1) is 8.65. The molecule has 1 heterocycles. The van der Waals surface area contributed by atoms with Gasteiger partial charge in [0.15, 0.2) is 0 Å². The SMILES string of the molecule is CCOC(c1nc[nH]c1C)c1c(C)cccc1C. The molecule has 0 aliphatic carbocycles. The predicted octanol–water partition coefficient (Wildman–Crippen LogP) is 3.46. The van der Waals surface area contributed by atoms with Gasteiger partial charge in [0.05, 0.1) is 12.0 Å². The molecule has 3 heteroatoms. The zero-order valence-corrected chi connectivity index (χ0v) is 11.4. The number of aromatic nitrogens is 2. The van der Waals surface area contributed by atoms with Crippen molar-refractivity contribution in [3.63, 3.8) is 0 Å². The van der Waals surface area contributed by atoms with Crippen molar-refractivity contribution in [1.29, 1.82) is 0 Å². The van der Waals surface area contributed by atoms with Crippen LogP contribution in [-0.2, 0) is 4.74 Å². The minimum atomic E-state index is -0.0811. The predicted molar refractivity (Wildman–Crippen MR) is 72.7 cm³/mol. The van der Waals surface area contributed by atoms with Crippen LogP contribution in [0.15, 0.2) is 24.5 Å². The average Bonchev–Trinajstić information content (AvgIpc) is 2.74. The third-order valence-corrected chi connectivity index (χ3v) is 3.25. The van der Waals surface area contributed by atoms with Crippen LogP contribution in [0.1, 0.15) is 41.1 Å². The lowest BCUT2D eigenvalue weighted by atomic mass is 9.95. The lowest BCUT2D eigenvalue weighted by Gasteiger charge is -2.20. The average molecular weight is 244 g/mol. The molecule has 2 rings (SSSR count). The first-order valence-electron chi connectivity index (χ1n) is 6.32. The number of hydrogen-bond acceptors (Lipinski definition) is 2. The molecule has 0 aliphatic heterocycles. The molecule has 0 saturated heterocycles. The molecule has 0 radical (unpaired) electrons. The topological polar surface area (TPSA) is 37.9 Å². The Morgan fingerprint density at radius 3 is 2.39 bits per heavy atom. The molecular formula is C15H20N2O. The summed E-state index contributed by atoms with van der Waals surface area (Å²) in [5.74, 6) is 0. The van der Waals surface area contributed by atoms with Gasteiger partial charge in [0.2, 0.25) is 0 Å². The van der Waals surface area contributed by atoms with Crippen LogP contribution in [0, 0.1) is 20.8 Å². The highest BCUT2D eigenvalue weighted by atomic mass is 16.5. The van der Waals surface area contributed by atoms with E-state index >= 15 is 0 Å². The summed E-state index contributed by atoms with van der Waals surface area (Å²) in [5, 5.41) is 0. The van der Waals surface area contributed by atoms with E-state index in [1.807, 2.05) is 13.8 Å². The zero-order chi connectivity index (χ0) is 13.1. The fraction of sp³-hybridized carbons (Fsp3) is 0.400. The van der Waals surface area contributed by atoms with Gasteiger partial charge in [0, 0.05) is 12.3 Å². The van der Waals surface area contributed by atoms with Gasteiger partial charge in [-0.2, -0.15) is 0 Å². The highest BCUT2D eigenvalue weighted by molar-refractivity contribution is 5.40. The van der Waals surface area contributed by atoms with E-state index in [0.717, 1.165) is 11.4 Å². The molecule has 1 aromatic carbocycles. The number of nitrogens with one attached hydrogen (secondary N) is 1. The van der Waals surface area contributed by atoms with Gasteiger partial charge < -0.3 is 9.72 Å². The van der Waals surface area contributed by atoms with E-state index in [-0.39, 0.29) is 6.10 Å². The molecule has 3 nitrogen and oxygen atoms in total. The Hall–Kier alpha value is -1.61. The van der Waals surface area contributed by atoms with Crippen molar-refractivity contribution < 1.29 is 4.74 Å². The van der Waals surface area contributed by atoms with E-state index in [4.69, 9.17) is 4.74 Å². The number of hydrogen-bond donors (Lipinski definition) is 1. The molecule has 1 unspecified atom stereocenters. The largest absolute Gasteiger partial charge is 0.367 e. The van der Waals surface area contributed by atoms with E-state index in [1.165, 1.54) is 16.7 Å². The summed E-state index contributed by atoms with van der Waals surface area (Å²) in [6, 6.07) is 6.32. The molecule has 0 spiro atoms. The lowest BCUT2D eigenvalue weighted by molar-refractivity contribution is 0.0873. The number of aromatic amines is 1. The summed E-state index contributed by atoms with van der Waals surface area (Å²) in [5.41, 5.74) is 5.77. The van der Waals surface area contributed by atoms with Crippen LogP contribution in [0.25, 0.3) is 0 Å². The minimum Gasteiger partial charge on any atom is -0.367 e. The third kappa shape index (κ3) is 2.31. The molecule has 0 saturated carbocycles. The Morgan fingerprint density at radius 1 is 1.22 bits per heavy atom. The molecular weight excluding hydrogens is 224 g/mol. The molecule has 0 amide bonds. The standard InChI is InChI=1S/C15H20N2O/c1-5-18-15(14-12(4)16-9-17-14)13-10(2)7-6-8-11(13)3/h6-9,15H,5H2,1-4H3,(H,16,17). The van der Waals surface area contributed by atoms with Crippen molar-refractivity contribution >= 4 is 0 Å². The van der Waals surface area contributed by atoms with Gasteiger partial charge in [-0.05, 0) is 44.4 Å². The molecule has 1 atom stereocenters. The Labute approximate surface area is 108 Å². The number of rotatable bonds is 4. The van der Waals surface area contributed by atoms with Crippen molar-refractivity contribution in [3.8, 4) is 0 Å². The molecule has 1 N–H and O–H groups in total. The van der Waals surface area contributed by atoms with Crippen LogP contribution in [0.5, 0.6) is 0 Å². The fourth-order valence-corrected chi connectivity index (χ4v) is 2.34. The first-order valence-corrected chi connectivity index (χ1v) is 6.32. The summed E-state index contributed by atoms with van der Waals surface area (Å²) in [6.45, 7) is 8.96. The normalized spacial score (nSPS) is 12.7. The second-order valence-electron chi connectivity index (χ2n) is 4.55. The lowest BCUT2D eigenvalue weighted by Crippen LogP contribution is -2.11. The number of ether oxygens (including phenoxy) is 1. The molecule has 18 heavy (non-hydrogen) atoms. The van der Waals surface area contributed by atoms with Crippen LogP contribution in [0.3, 0.4) is 0 Å². The summed E-state index contributed by atoms with van der Waals surface area (Å²) in [7, 11) is 0. The van der Waals surface area contributed by atoms with Crippen LogP contribution in [0.4, 0.5) is 0 Å². The molecule has 96 valence electrons. The Balaban J connectivity index is 2.52. The van der Waals surface area contributed by atoms with Crippen molar-refractivity contribution in [3.05, 3.63) is 52.6 Å². The Morgan fingerprint density at radius 2 is 1.89 bits per heavy atom. The molecule has 0 aliphatic rings. The highest BCUT2D eigenvalue weighted by Gasteiger charge is 2.22. The number of imidazole rings is 1. The van der Waals surface area contributed by atoms with Crippen LogP contribution < -0.4 is 0 Å². The maximum atomic E-state index is 5.93. The van der Waals surface area contributed by atoms with Gasteiger partial charge in [-0.15, -0.1) is 0 Å². The van der Waals surface area contributed by atoms with E-state index in [9.17, 15) is 0 Å². The monoisotopic (exact) mass is 244 g/mol. The van der Waals surface area contributed by atoms with Crippen molar-refractivity contribution in [1.82, 2.24) is 9.97 Å². The molecule has 2 aromatic rings. The molecule has 1 aromatic heterocycles. The van der Waals surface area contributed by atoms with Crippen molar-refractivity contribution in [2.45, 2.75) is 33.8 Å². The van der Waals surface area contributed by atoms with Crippen LogP contribution in [0.2, 0.25) is 0 Å². The molecule has 0 fully saturated rings. The first kappa shape index (κ1) is 12.8. The highest BCUT2D eigenvalue weighted by Crippen LogP contribution is 2.31. The van der Waals surface area contributed by atoms with Gasteiger partial charge in [0.1, 0.15) is 6.10 Å². The van der Waals surface area contributed by atoms with Gasteiger partial charge in [-0.1, -0.05) is 18.2 Å². The van der Waals surface area contributed by atoms with Crippen molar-refractivity contribution in [2.75, 3.05) is 6.61 Å². The number of aryl methyl sites for hydroxylation is 3. The van der Waals surface area contributed by atoms with Gasteiger partial charge in [-0.25, -0.2) is 4.98 Å². The van der Waals surface area contributed by atoms with E-state index < -0.39 is 0 Å².